The molecule has 0 aliphatic carbocycles. The van der Waals surface area contributed by atoms with Crippen LogP contribution in [0.25, 0.3) is 0 Å². The zero-order valence-corrected chi connectivity index (χ0v) is 11.1. The van der Waals surface area contributed by atoms with E-state index in [2.05, 4.69) is 11.4 Å². The molecule has 102 valence electrons. The Kier molecular flexibility index (Phi) is 4.56. The van der Waals surface area contributed by atoms with Gasteiger partial charge in [-0.1, -0.05) is 30.3 Å². The molecule has 2 aromatic carbocycles. The van der Waals surface area contributed by atoms with E-state index >= 15 is 0 Å². The average molecular weight is 270 g/mol. The van der Waals surface area contributed by atoms with Crippen molar-refractivity contribution in [2.24, 2.45) is 0 Å². The van der Waals surface area contributed by atoms with E-state index < -0.39 is 5.82 Å². The van der Waals surface area contributed by atoms with E-state index in [9.17, 15) is 9.65 Å². The van der Waals surface area contributed by atoms with E-state index in [1.54, 1.807) is 12.1 Å². The summed E-state index contributed by atoms with van der Waals surface area (Å²) in [5.74, 6) is -0.478. The third-order valence-electron chi connectivity index (χ3n) is 3.02. The monoisotopic (exact) mass is 270 g/mol. The lowest BCUT2D eigenvalue weighted by Crippen LogP contribution is -2.11. The van der Waals surface area contributed by atoms with Gasteiger partial charge in [0.05, 0.1) is 19.1 Å². The minimum absolute atomic E-state index is 0.184. The summed E-state index contributed by atoms with van der Waals surface area (Å²) in [6, 6.07) is 16.4. The summed E-state index contributed by atoms with van der Waals surface area (Å²) >= 11 is 0. The Balaban J connectivity index is 2.06. The van der Waals surface area contributed by atoms with Crippen molar-refractivity contribution in [1.29, 1.82) is 5.26 Å². The molecule has 0 spiro atoms. The summed E-state index contributed by atoms with van der Waals surface area (Å²) in [7, 11) is 1.42. The third-order valence-corrected chi connectivity index (χ3v) is 3.02. The minimum Gasteiger partial charge on any atom is -0.494 e. The normalized spacial score (nSPS) is 11.4. The smallest absolute Gasteiger partial charge is 0.165 e. The zero-order chi connectivity index (χ0) is 14.4. The molecule has 0 fully saturated rings. The topological polar surface area (TPSA) is 45.0 Å². The van der Waals surface area contributed by atoms with Gasteiger partial charge in [-0.25, -0.2) is 4.39 Å². The summed E-state index contributed by atoms with van der Waals surface area (Å²) in [6.07, 6.45) is 0. The lowest BCUT2D eigenvalue weighted by Gasteiger charge is -2.13. The van der Waals surface area contributed by atoms with Crippen LogP contribution in [-0.4, -0.2) is 13.7 Å². The number of hydrogen-bond acceptors (Lipinski definition) is 3. The van der Waals surface area contributed by atoms with Crippen LogP contribution in [0.1, 0.15) is 11.5 Å². The van der Waals surface area contributed by atoms with E-state index in [1.807, 2.05) is 30.3 Å². The molecule has 0 heterocycles. The number of nitriles is 1. The van der Waals surface area contributed by atoms with Gasteiger partial charge in [-0.2, -0.15) is 5.26 Å². The van der Waals surface area contributed by atoms with E-state index in [4.69, 9.17) is 4.74 Å². The van der Waals surface area contributed by atoms with E-state index in [-0.39, 0.29) is 11.7 Å². The van der Waals surface area contributed by atoms with Crippen LogP contribution < -0.4 is 10.1 Å². The second-order valence-corrected chi connectivity index (χ2v) is 4.32. The number of rotatable bonds is 5. The molecular weight excluding hydrogens is 255 g/mol. The second kappa shape index (κ2) is 6.58. The molecule has 0 saturated carbocycles. The first kappa shape index (κ1) is 13.9. The summed E-state index contributed by atoms with van der Waals surface area (Å²) < 4.78 is 18.2. The summed E-state index contributed by atoms with van der Waals surface area (Å²) in [5, 5.41) is 12.4. The van der Waals surface area contributed by atoms with Gasteiger partial charge < -0.3 is 10.1 Å². The fourth-order valence-corrected chi connectivity index (χ4v) is 1.91. The predicted octanol–water partition coefficient (Wildman–Crippen LogP) is 3.55. The highest BCUT2D eigenvalue weighted by atomic mass is 19.1. The van der Waals surface area contributed by atoms with Crippen molar-refractivity contribution in [3.05, 3.63) is 59.9 Å². The highest BCUT2D eigenvalue weighted by Crippen LogP contribution is 2.22. The number of nitrogens with zero attached hydrogens (tertiary/aromatic N) is 1. The van der Waals surface area contributed by atoms with Gasteiger partial charge in [-0.3, -0.25) is 0 Å². The molecule has 0 aliphatic heterocycles. The molecule has 2 aromatic rings. The fraction of sp³-hybridized carbons (Fsp3) is 0.188. The molecule has 1 unspecified atom stereocenters. The minimum atomic E-state index is -0.405. The number of anilines is 1. The number of nitrogens with one attached hydrogen (secondary N) is 1. The largest absolute Gasteiger partial charge is 0.494 e. The first-order valence-corrected chi connectivity index (χ1v) is 6.26. The van der Waals surface area contributed by atoms with Crippen molar-refractivity contribution < 1.29 is 9.13 Å². The van der Waals surface area contributed by atoms with Gasteiger partial charge in [-0.15, -0.1) is 0 Å². The van der Waals surface area contributed by atoms with Crippen molar-refractivity contribution in [2.75, 3.05) is 19.0 Å². The van der Waals surface area contributed by atoms with Crippen molar-refractivity contribution in [3.63, 3.8) is 0 Å². The Morgan fingerprint density at radius 3 is 2.65 bits per heavy atom. The highest BCUT2D eigenvalue weighted by Gasteiger charge is 2.10. The number of ether oxygens (including phenoxy) is 1. The number of methoxy groups -OCH3 is 1. The van der Waals surface area contributed by atoms with E-state index in [0.29, 0.717) is 6.54 Å². The first-order chi connectivity index (χ1) is 9.74. The number of hydrogen-bond donors (Lipinski definition) is 1. The Labute approximate surface area is 117 Å². The molecule has 0 aromatic heterocycles. The number of halogens is 1. The Bertz CT molecular complexity index is 608. The molecular formula is C16H15FN2O. The van der Waals surface area contributed by atoms with Crippen LogP contribution in [0.4, 0.5) is 10.1 Å². The molecule has 0 radical (unpaired) electrons. The highest BCUT2D eigenvalue weighted by molar-refractivity contribution is 5.49. The van der Waals surface area contributed by atoms with Crippen molar-refractivity contribution in [3.8, 4) is 11.8 Å². The standard InChI is InChI=1S/C16H15FN2O/c1-20-16-9-14(7-8-15(16)17)19-11-13(10-18)12-5-3-2-4-6-12/h2-9,13,19H,11H2,1H3. The van der Waals surface area contributed by atoms with Gasteiger partial charge >= 0.3 is 0 Å². The van der Waals surface area contributed by atoms with E-state index in [0.717, 1.165) is 11.3 Å². The van der Waals surface area contributed by atoms with Gasteiger partial charge in [0.2, 0.25) is 0 Å². The SMILES string of the molecule is COc1cc(NCC(C#N)c2ccccc2)ccc1F. The summed E-state index contributed by atoms with van der Waals surface area (Å²) in [6.45, 7) is 0.454. The lowest BCUT2D eigenvalue weighted by molar-refractivity contribution is 0.387. The average Bonchev–Trinajstić information content (AvgIpc) is 2.50. The van der Waals surface area contributed by atoms with Gasteiger partial charge in [0.25, 0.3) is 0 Å². The van der Waals surface area contributed by atoms with E-state index in [1.165, 1.54) is 13.2 Å². The summed E-state index contributed by atoms with van der Waals surface area (Å²) in [5.41, 5.74) is 1.68. The summed E-state index contributed by atoms with van der Waals surface area (Å²) in [4.78, 5) is 0. The Hall–Kier alpha value is -2.54. The van der Waals surface area contributed by atoms with Crippen molar-refractivity contribution in [2.45, 2.75) is 5.92 Å². The van der Waals surface area contributed by atoms with Crippen molar-refractivity contribution in [1.82, 2.24) is 0 Å². The Morgan fingerprint density at radius 1 is 1.25 bits per heavy atom. The molecule has 20 heavy (non-hydrogen) atoms. The quantitative estimate of drug-likeness (QED) is 0.903. The Morgan fingerprint density at radius 2 is 2.00 bits per heavy atom. The zero-order valence-electron chi connectivity index (χ0n) is 11.1. The molecule has 1 atom stereocenters. The predicted molar refractivity (Wildman–Crippen MR) is 76.2 cm³/mol. The molecule has 0 saturated heterocycles. The van der Waals surface area contributed by atoms with Gasteiger partial charge in [0.1, 0.15) is 0 Å². The number of benzene rings is 2. The molecule has 1 N–H and O–H groups in total. The first-order valence-electron chi connectivity index (χ1n) is 6.26. The lowest BCUT2D eigenvalue weighted by atomic mass is 10.0. The van der Waals surface area contributed by atoms with Crippen LogP contribution in [0.3, 0.4) is 0 Å². The van der Waals surface area contributed by atoms with Gasteiger partial charge in [0, 0.05) is 18.3 Å². The maximum atomic E-state index is 13.3. The van der Waals surface area contributed by atoms with Crippen LogP contribution in [0.2, 0.25) is 0 Å². The van der Waals surface area contributed by atoms with Crippen LogP contribution in [0.15, 0.2) is 48.5 Å². The van der Waals surface area contributed by atoms with Gasteiger partial charge in [-0.05, 0) is 17.7 Å². The molecule has 2 rings (SSSR count). The second-order valence-electron chi connectivity index (χ2n) is 4.32. The molecule has 0 amide bonds. The van der Waals surface area contributed by atoms with Crippen LogP contribution in [0, 0.1) is 17.1 Å². The maximum Gasteiger partial charge on any atom is 0.165 e. The van der Waals surface area contributed by atoms with Crippen molar-refractivity contribution >= 4 is 5.69 Å². The maximum absolute atomic E-state index is 13.3. The molecule has 4 heteroatoms. The van der Waals surface area contributed by atoms with Crippen LogP contribution >= 0.6 is 0 Å². The van der Waals surface area contributed by atoms with Crippen LogP contribution in [-0.2, 0) is 0 Å². The fourth-order valence-electron chi connectivity index (χ4n) is 1.91. The molecule has 0 aliphatic rings. The third kappa shape index (κ3) is 3.27. The van der Waals surface area contributed by atoms with Crippen LogP contribution in [0.5, 0.6) is 5.75 Å². The molecule has 0 bridgehead atoms. The molecule has 3 nitrogen and oxygen atoms in total. The van der Waals surface area contributed by atoms with Gasteiger partial charge in [0.15, 0.2) is 11.6 Å².